The number of benzene rings is 2. The molecule has 6 nitrogen and oxygen atoms in total. The van der Waals surface area contributed by atoms with E-state index >= 15 is 0 Å². The van der Waals surface area contributed by atoms with Crippen molar-refractivity contribution in [1.29, 1.82) is 0 Å². The van der Waals surface area contributed by atoms with Gasteiger partial charge in [-0.1, -0.05) is 42.5 Å². The highest BCUT2D eigenvalue weighted by molar-refractivity contribution is 5.81. The van der Waals surface area contributed by atoms with Crippen LogP contribution in [0, 0.1) is 0 Å². The van der Waals surface area contributed by atoms with Gasteiger partial charge in [0.15, 0.2) is 0 Å². The molecular weight excluding hydrogens is 318 g/mol. The quantitative estimate of drug-likeness (QED) is 0.579. The van der Waals surface area contributed by atoms with Crippen molar-refractivity contribution in [1.82, 2.24) is 9.97 Å². The molecule has 0 radical (unpaired) electrons. The molecule has 4 rings (SSSR count). The highest BCUT2D eigenvalue weighted by Crippen LogP contribution is 2.36. The monoisotopic (exact) mass is 333 g/mol. The van der Waals surface area contributed by atoms with Crippen molar-refractivity contribution in [2.45, 2.75) is 5.92 Å². The fourth-order valence-corrected chi connectivity index (χ4v) is 3.05. The third kappa shape index (κ3) is 2.74. The first-order valence-electron chi connectivity index (χ1n) is 7.81. The predicted octanol–water partition coefficient (Wildman–Crippen LogP) is 2.37. The number of nitrogens with one attached hydrogen (secondary N) is 3. The van der Waals surface area contributed by atoms with E-state index in [1.54, 1.807) is 24.3 Å². The minimum absolute atomic E-state index is 0.153. The minimum atomic E-state index is -0.560. The average Bonchev–Trinajstić information content (AvgIpc) is 2.62. The Morgan fingerprint density at radius 2 is 1.60 bits per heavy atom. The molecule has 0 aliphatic carbocycles. The van der Waals surface area contributed by atoms with Crippen LogP contribution in [-0.4, -0.2) is 15.1 Å². The summed E-state index contributed by atoms with van der Waals surface area (Å²) in [6.07, 6.45) is 1.94. The number of allylic oxidation sites excluding steroid dienone is 1. The van der Waals surface area contributed by atoms with Gasteiger partial charge in [0.1, 0.15) is 11.6 Å². The Bertz CT molecular complexity index is 1060. The van der Waals surface area contributed by atoms with Crippen LogP contribution in [0.2, 0.25) is 0 Å². The van der Waals surface area contributed by atoms with Gasteiger partial charge in [0.25, 0.3) is 5.56 Å². The molecule has 1 aliphatic rings. The van der Waals surface area contributed by atoms with Crippen molar-refractivity contribution in [3.8, 4) is 5.75 Å². The molecular formula is C19H15N3O3. The third-order valence-electron chi connectivity index (χ3n) is 4.22. The second kappa shape index (κ2) is 5.83. The Balaban J connectivity index is 1.93. The number of hydrogen-bond donors (Lipinski definition) is 4. The summed E-state index contributed by atoms with van der Waals surface area (Å²) < 4.78 is 0. The summed E-state index contributed by atoms with van der Waals surface area (Å²) in [7, 11) is 0. The standard InChI is InChI=1S/C19H15N3O3/c23-13-8-6-11(7-9-13)14-10-15(12-4-2-1-3-5-12)20-17-16(14)18(24)22-19(25)21-17/h1-10,14,23H,(H3,20,21,22,24,25). The van der Waals surface area contributed by atoms with Gasteiger partial charge in [0, 0.05) is 11.6 Å². The van der Waals surface area contributed by atoms with E-state index in [9.17, 15) is 14.7 Å². The van der Waals surface area contributed by atoms with Crippen LogP contribution in [0.3, 0.4) is 0 Å². The molecule has 1 aromatic heterocycles. The van der Waals surface area contributed by atoms with E-state index < -0.39 is 11.2 Å². The summed E-state index contributed by atoms with van der Waals surface area (Å²) in [5.74, 6) is 0.182. The van der Waals surface area contributed by atoms with Gasteiger partial charge in [0.2, 0.25) is 0 Å². The molecule has 124 valence electrons. The summed E-state index contributed by atoms with van der Waals surface area (Å²) >= 11 is 0. The summed E-state index contributed by atoms with van der Waals surface area (Å²) in [5.41, 5.74) is 2.02. The molecule has 0 amide bonds. The Morgan fingerprint density at radius 1 is 0.880 bits per heavy atom. The molecule has 3 aromatic rings. The largest absolute Gasteiger partial charge is 0.508 e. The molecule has 0 saturated carbocycles. The number of hydrogen-bond acceptors (Lipinski definition) is 4. The summed E-state index contributed by atoms with van der Waals surface area (Å²) in [6, 6.07) is 16.3. The lowest BCUT2D eigenvalue weighted by molar-refractivity contribution is 0.475. The van der Waals surface area contributed by atoms with Gasteiger partial charge in [-0.25, -0.2) is 4.79 Å². The van der Waals surface area contributed by atoms with E-state index in [1.807, 2.05) is 36.4 Å². The number of anilines is 1. The molecule has 6 heteroatoms. The van der Waals surface area contributed by atoms with Gasteiger partial charge in [-0.3, -0.25) is 14.8 Å². The Labute approximate surface area is 142 Å². The lowest BCUT2D eigenvalue weighted by Crippen LogP contribution is -2.31. The Morgan fingerprint density at radius 3 is 2.32 bits per heavy atom. The lowest BCUT2D eigenvalue weighted by Gasteiger charge is -2.25. The van der Waals surface area contributed by atoms with Crippen molar-refractivity contribution < 1.29 is 5.11 Å². The second-order valence-electron chi connectivity index (χ2n) is 5.84. The summed E-state index contributed by atoms with van der Waals surface area (Å²) in [4.78, 5) is 29.0. The van der Waals surface area contributed by atoms with Gasteiger partial charge in [-0.05, 0) is 29.3 Å². The number of aromatic amines is 2. The van der Waals surface area contributed by atoms with Gasteiger partial charge in [0.05, 0.1) is 5.56 Å². The first kappa shape index (κ1) is 15.0. The fourth-order valence-electron chi connectivity index (χ4n) is 3.05. The first-order valence-corrected chi connectivity index (χ1v) is 7.81. The molecule has 0 saturated heterocycles. The van der Waals surface area contributed by atoms with Crippen LogP contribution in [0.1, 0.15) is 22.6 Å². The van der Waals surface area contributed by atoms with Gasteiger partial charge >= 0.3 is 5.69 Å². The predicted molar refractivity (Wildman–Crippen MR) is 95.7 cm³/mol. The number of H-pyrrole nitrogens is 2. The number of phenolic OH excluding ortho intramolecular Hbond substituents is 1. The summed E-state index contributed by atoms with van der Waals surface area (Å²) in [5, 5.41) is 12.7. The normalized spacial score (nSPS) is 15.8. The van der Waals surface area contributed by atoms with Crippen LogP contribution in [0.25, 0.3) is 5.70 Å². The van der Waals surface area contributed by atoms with E-state index in [-0.39, 0.29) is 11.7 Å². The van der Waals surface area contributed by atoms with Crippen molar-refractivity contribution in [2.24, 2.45) is 0 Å². The number of rotatable bonds is 2. The van der Waals surface area contributed by atoms with Crippen molar-refractivity contribution in [3.63, 3.8) is 0 Å². The maximum Gasteiger partial charge on any atom is 0.327 e. The molecule has 1 atom stereocenters. The van der Waals surface area contributed by atoms with Gasteiger partial charge in [-0.2, -0.15) is 0 Å². The van der Waals surface area contributed by atoms with Crippen LogP contribution in [-0.2, 0) is 0 Å². The van der Waals surface area contributed by atoms with Crippen molar-refractivity contribution in [2.75, 3.05) is 5.32 Å². The Kier molecular flexibility index (Phi) is 3.50. The molecule has 0 spiro atoms. The van der Waals surface area contributed by atoms with Crippen LogP contribution in [0.4, 0.5) is 5.82 Å². The number of fused-ring (bicyclic) bond motifs is 1. The van der Waals surface area contributed by atoms with E-state index in [1.165, 1.54) is 0 Å². The Hall–Kier alpha value is -3.54. The molecule has 0 bridgehead atoms. The first-order chi connectivity index (χ1) is 12.1. The zero-order valence-corrected chi connectivity index (χ0v) is 13.1. The van der Waals surface area contributed by atoms with Crippen LogP contribution < -0.4 is 16.6 Å². The van der Waals surface area contributed by atoms with E-state index in [4.69, 9.17) is 0 Å². The molecule has 0 fully saturated rings. The van der Waals surface area contributed by atoms with Gasteiger partial charge < -0.3 is 10.4 Å². The average molecular weight is 333 g/mol. The zero-order valence-electron chi connectivity index (χ0n) is 13.1. The molecule has 1 unspecified atom stereocenters. The molecule has 1 aliphatic heterocycles. The highest BCUT2D eigenvalue weighted by Gasteiger charge is 2.26. The lowest BCUT2D eigenvalue weighted by atomic mass is 9.88. The minimum Gasteiger partial charge on any atom is -0.508 e. The third-order valence-corrected chi connectivity index (χ3v) is 4.22. The SMILES string of the molecule is O=c1[nH]c2c(c(=O)[nH]1)C(c1ccc(O)cc1)C=C(c1ccccc1)N2. The number of aromatic nitrogens is 2. The van der Waals surface area contributed by atoms with Crippen LogP contribution >= 0.6 is 0 Å². The highest BCUT2D eigenvalue weighted by atomic mass is 16.3. The summed E-state index contributed by atoms with van der Waals surface area (Å²) in [6.45, 7) is 0. The molecule has 2 heterocycles. The molecule has 25 heavy (non-hydrogen) atoms. The second-order valence-corrected chi connectivity index (χ2v) is 5.84. The topological polar surface area (TPSA) is 98.0 Å². The van der Waals surface area contributed by atoms with Crippen molar-refractivity contribution in [3.05, 3.63) is 98.2 Å². The maximum absolute atomic E-state index is 12.4. The van der Waals surface area contributed by atoms with Crippen LogP contribution in [0.15, 0.2) is 70.3 Å². The van der Waals surface area contributed by atoms with E-state index in [0.717, 1.165) is 16.8 Å². The fraction of sp³-hybridized carbons (Fsp3) is 0.0526. The van der Waals surface area contributed by atoms with Crippen LogP contribution in [0.5, 0.6) is 5.75 Å². The molecule has 4 N–H and O–H groups in total. The van der Waals surface area contributed by atoms with Gasteiger partial charge in [-0.15, -0.1) is 0 Å². The molecule has 2 aromatic carbocycles. The smallest absolute Gasteiger partial charge is 0.327 e. The maximum atomic E-state index is 12.4. The van der Waals surface area contributed by atoms with Crippen molar-refractivity contribution >= 4 is 11.5 Å². The van der Waals surface area contributed by atoms with E-state index in [0.29, 0.717) is 11.4 Å². The zero-order chi connectivity index (χ0) is 17.4. The van der Waals surface area contributed by atoms with E-state index in [2.05, 4.69) is 15.3 Å². The number of aromatic hydroxyl groups is 1. The number of phenols is 1.